The summed E-state index contributed by atoms with van der Waals surface area (Å²) < 4.78 is 0. The molecule has 0 heterocycles. The number of nitrogens with two attached hydrogens (primary N) is 1. The first kappa shape index (κ1) is 14.6. The molecule has 1 aliphatic carbocycles. The van der Waals surface area contributed by atoms with E-state index < -0.39 is 0 Å². The van der Waals surface area contributed by atoms with Crippen molar-refractivity contribution < 1.29 is 0 Å². The van der Waals surface area contributed by atoms with Crippen LogP contribution in [0.25, 0.3) is 0 Å². The molecule has 0 aromatic heterocycles. The Kier molecular flexibility index (Phi) is 5.04. The van der Waals surface area contributed by atoms with Crippen LogP contribution in [0.4, 0.5) is 0 Å². The lowest BCUT2D eigenvalue weighted by Gasteiger charge is -2.43. The molecule has 0 radical (unpaired) electrons. The van der Waals surface area contributed by atoms with Crippen LogP contribution < -0.4 is 5.73 Å². The Morgan fingerprint density at radius 1 is 1.26 bits per heavy atom. The number of hydrogen-bond acceptors (Lipinski definition) is 1. The third-order valence-electron chi connectivity index (χ3n) is 4.79. The Labute approximate surface area is 118 Å². The Morgan fingerprint density at radius 3 is 2.68 bits per heavy atom. The largest absolute Gasteiger partial charge is 0.325 e. The van der Waals surface area contributed by atoms with E-state index in [1.807, 2.05) is 0 Å². The van der Waals surface area contributed by atoms with Crippen LogP contribution in [0.5, 0.6) is 0 Å². The van der Waals surface area contributed by atoms with Gasteiger partial charge in [0, 0.05) is 11.5 Å². The Balaban J connectivity index is 2.15. The summed E-state index contributed by atoms with van der Waals surface area (Å²) in [5.74, 6) is 1.31. The van der Waals surface area contributed by atoms with E-state index in [1.54, 1.807) is 0 Å². The molecule has 0 saturated heterocycles. The van der Waals surface area contributed by atoms with E-state index in [0.29, 0.717) is 5.92 Å². The van der Waals surface area contributed by atoms with E-state index >= 15 is 0 Å². The maximum atomic E-state index is 6.87. The molecule has 1 aromatic carbocycles. The predicted octanol–water partition coefficient (Wildman–Crippen LogP) is 4.87. The van der Waals surface area contributed by atoms with E-state index in [0.717, 1.165) is 5.92 Å². The summed E-state index contributed by atoms with van der Waals surface area (Å²) in [6.07, 6.45) is 8.85. The minimum absolute atomic E-state index is 0.0220. The van der Waals surface area contributed by atoms with Crippen LogP contribution in [0, 0.1) is 5.92 Å². The van der Waals surface area contributed by atoms with Crippen LogP contribution in [0.15, 0.2) is 30.3 Å². The SMILES string of the molecule is CCCC(C)CC1(N)CCCCC1c1ccccc1. The molecular weight excluding hydrogens is 230 g/mol. The zero-order valence-electron chi connectivity index (χ0n) is 12.6. The van der Waals surface area contributed by atoms with Gasteiger partial charge in [0.25, 0.3) is 0 Å². The second-order valence-electron chi connectivity index (χ2n) is 6.54. The highest BCUT2D eigenvalue weighted by molar-refractivity contribution is 5.24. The van der Waals surface area contributed by atoms with E-state index in [4.69, 9.17) is 5.73 Å². The molecule has 0 amide bonds. The molecule has 0 spiro atoms. The van der Waals surface area contributed by atoms with Gasteiger partial charge in [-0.05, 0) is 30.7 Å². The summed E-state index contributed by atoms with van der Waals surface area (Å²) in [6.45, 7) is 4.64. The molecule has 3 unspecified atom stereocenters. The van der Waals surface area contributed by atoms with Crippen molar-refractivity contribution >= 4 is 0 Å². The molecule has 19 heavy (non-hydrogen) atoms. The molecule has 2 rings (SSSR count). The van der Waals surface area contributed by atoms with Crippen LogP contribution in [-0.2, 0) is 0 Å². The highest BCUT2D eigenvalue weighted by Crippen LogP contribution is 2.43. The van der Waals surface area contributed by atoms with Crippen LogP contribution in [0.2, 0.25) is 0 Å². The standard InChI is InChI=1S/C18H29N/c1-3-9-15(2)14-18(19)13-8-7-12-17(18)16-10-5-4-6-11-16/h4-6,10-11,15,17H,3,7-9,12-14,19H2,1-2H3. The number of benzene rings is 1. The van der Waals surface area contributed by atoms with E-state index in [-0.39, 0.29) is 5.54 Å². The third kappa shape index (κ3) is 3.60. The Hall–Kier alpha value is -0.820. The summed E-state index contributed by atoms with van der Waals surface area (Å²) >= 11 is 0. The molecule has 1 nitrogen and oxygen atoms in total. The van der Waals surface area contributed by atoms with Gasteiger partial charge in [0.1, 0.15) is 0 Å². The molecule has 0 bridgehead atoms. The minimum Gasteiger partial charge on any atom is -0.325 e. The second-order valence-corrected chi connectivity index (χ2v) is 6.54. The summed E-state index contributed by atoms with van der Waals surface area (Å²) in [5, 5.41) is 0. The van der Waals surface area contributed by atoms with Crippen molar-refractivity contribution in [1.82, 2.24) is 0 Å². The molecule has 1 aromatic rings. The van der Waals surface area contributed by atoms with Gasteiger partial charge in [-0.3, -0.25) is 0 Å². The monoisotopic (exact) mass is 259 g/mol. The van der Waals surface area contributed by atoms with Crippen molar-refractivity contribution in [2.75, 3.05) is 0 Å². The lowest BCUT2D eigenvalue weighted by atomic mass is 9.66. The molecule has 1 heteroatoms. The van der Waals surface area contributed by atoms with Crippen molar-refractivity contribution in [3.8, 4) is 0 Å². The van der Waals surface area contributed by atoms with Gasteiger partial charge < -0.3 is 5.73 Å². The van der Waals surface area contributed by atoms with Crippen molar-refractivity contribution in [3.05, 3.63) is 35.9 Å². The molecule has 1 aliphatic rings. The normalized spacial score (nSPS) is 29.1. The third-order valence-corrected chi connectivity index (χ3v) is 4.79. The summed E-state index contributed by atoms with van der Waals surface area (Å²) in [4.78, 5) is 0. The maximum Gasteiger partial charge on any atom is 0.0226 e. The summed E-state index contributed by atoms with van der Waals surface area (Å²) in [7, 11) is 0. The van der Waals surface area contributed by atoms with Gasteiger partial charge in [0.05, 0.1) is 0 Å². The molecule has 1 fully saturated rings. The van der Waals surface area contributed by atoms with Gasteiger partial charge in [-0.25, -0.2) is 0 Å². The fourth-order valence-electron chi connectivity index (χ4n) is 3.94. The quantitative estimate of drug-likeness (QED) is 0.802. The van der Waals surface area contributed by atoms with E-state index in [2.05, 4.69) is 44.2 Å². The first-order valence-corrected chi connectivity index (χ1v) is 7.99. The van der Waals surface area contributed by atoms with Crippen molar-refractivity contribution in [2.45, 2.75) is 70.3 Å². The van der Waals surface area contributed by atoms with Gasteiger partial charge in [-0.15, -0.1) is 0 Å². The number of hydrogen-bond donors (Lipinski definition) is 1. The van der Waals surface area contributed by atoms with Crippen LogP contribution in [-0.4, -0.2) is 5.54 Å². The van der Waals surface area contributed by atoms with Gasteiger partial charge in [0.15, 0.2) is 0 Å². The summed E-state index contributed by atoms with van der Waals surface area (Å²) in [5.41, 5.74) is 8.34. The highest BCUT2D eigenvalue weighted by atomic mass is 14.8. The van der Waals surface area contributed by atoms with Crippen LogP contribution in [0.3, 0.4) is 0 Å². The van der Waals surface area contributed by atoms with Gasteiger partial charge in [0.2, 0.25) is 0 Å². The first-order chi connectivity index (χ1) is 9.15. The topological polar surface area (TPSA) is 26.0 Å². The minimum atomic E-state index is 0.0220. The fraction of sp³-hybridized carbons (Fsp3) is 0.667. The molecule has 1 saturated carbocycles. The van der Waals surface area contributed by atoms with Gasteiger partial charge in [-0.2, -0.15) is 0 Å². The first-order valence-electron chi connectivity index (χ1n) is 7.99. The smallest absolute Gasteiger partial charge is 0.0226 e. The molecule has 2 N–H and O–H groups in total. The van der Waals surface area contributed by atoms with Crippen molar-refractivity contribution in [3.63, 3.8) is 0 Å². The fourth-order valence-corrected chi connectivity index (χ4v) is 3.94. The second kappa shape index (κ2) is 6.56. The average molecular weight is 259 g/mol. The zero-order valence-corrected chi connectivity index (χ0v) is 12.6. The zero-order chi connectivity index (χ0) is 13.7. The Bertz CT molecular complexity index is 373. The summed E-state index contributed by atoms with van der Waals surface area (Å²) in [6, 6.07) is 10.9. The lowest BCUT2D eigenvalue weighted by molar-refractivity contribution is 0.203. The van der Waals surface area contributed by atoms with Crippen molar-refractivity contribution in [1.29, 1.82) is 0 Å². The molecule has 3 atom stereocenters. The molecule has 0 aliphatic heterocycles. The van der Waals surface area contributed by atoms with Gasteiger partial charge in [-0.1, -0.05) is 69.9 Å². The molecular formula is C18H29N. The van der Waals surface area contributed by atoms with Crippen LogP contribution in [0.1, 0.15) is 70.3 Å². The van der Waals surface area contributed by atoms with E-state index in [9.17, 15) is 0 Å². The number of rotatable bonds is 5. The highest BCUT2D eigenvalue weighted by Gasteiger charge is 2.38. The van der Waals surface area contributed by atoms with Crippen LogP contribution >= 0.6 is 0 Å². The average Bonchev–Trinajstić information content (AvgIpc) is 2.40. The lowest BCUT2D eigenvalue weighted by Crippen LogP contribution is -2.49. The predicted molar refractivity (Wildman–Crippen MR) is 83.3 cm³/mol. The van der Waals surface area contributed by atoms with E-state index in [1.165, 1.54) is 50.5 Å². The maximum absolute atomic E-state index is 6.87. The van der Waals surface area contributed by atoms with Gasteiger partial charge >= 0.3 is 0 Å². The van der Waals surface area contributed by atoms with Crippen molar-refractivity contribution in [2.24, 2.45) is 11.7 Å². The molecule has 106 valence electrons. The Morgan fingerprint density at radius 2 is 2.00 bits per heavy atom.